The van der Waals surface area contributed by atoms with Gasteiger partial charge in [0.1, 0.15) is 0 Å². The van der Waals surface area contributed by atoms with E-state index in [2.05, 4.69) is 57.4 Å². The number of nitrogens with zero attached hydrogens (tertiary/aromatic N) is 2. The molecule has 2 aromatic rings. The Kier molecular flexibility index (Phi) is 8.94. The normalized spacial score (nSPS) is 11.6. The van der Waals surface area contributed by atoms with Gasteiger partial charge in [0.25, 0.3) is 0 Å². The average Bonchev–Trinajstić information content (AvgIpc) is 2.68. The maximum atomic E-state index is 4.78. The van der Waals surface area contributed by atoms with Crippen molar-refractivity contribution in [1.29, 1.82) is 0 Å². The van der Waals surface area contributed by atoms with Crippen LogP contribution in [0.3, 0.4) is 0 Å². The molecule has 0 N–H and O–H groups in total. The molecule has 0 atom stereocenters. The van der Waals surface area contributed by atoms with E-state index in [-0.39, 0.29) is 0 Å². The van der Waals surface area contributed by atoms with Gasteiger partial charge in [-0.2, -0.15) is 0 Å². The van der Waals surface area contributed by atoms with Crippen LogP contribution in [0.5, 0.6) is 0 Å². The first kappa shape index (κ1) is 20.4. The zero-order valence-electron chi connectivity index (χ0n) is 16.3. The molecule has 0 saturated carbocycles. The van der Waals surface area contributed by atoms with Crippen molar-refractivity contribution in [3.8, 4) is 11.4 Å². The van der Waals surface area contributed by atoms with Gasteiger partial charge < -0.3 is 0 Å². The van der Waals surface area contributed by atoms with Crippen LogP contribution < -0.4 is 3.58 Å². The van der Waals surface area contributed by atoms with Crippen molar-refractivity contribution < 1.29 is 0 Å². The van der Waals surface area contributed by atoms with Gasteiger partial charge in [-0.1, -0.05) is 0 Å². The van der Waals surface area contributed by atoms with Crippen molar-refractivity contribution in [2.24, 2.45) is 0 Å². The monoisotopic (exact) mass is 446 g/mol. The molecule has 1 heterocycles. The third-order valence-corrected chi connectivity index (χ3v) is 20.8. The molecule has 0 amide bonds. The van der Waals surface area contributed by atoms with Crippen LogP contribution in [-0.2, 0) is 0 Å². The Morgan fingerprint density at radius 3 is 1.64 bits per heavy atom. The van der Waals surface area contributed by atoms with Gasteiger partial charge in [-0.25, -0.2) is 0 Å². The van der Waals surface area contributed by atoms with E-state index >= 15 is 0 Å². The van der Waals surface area contributed by atoms with E-state index in [1.54, 1.807) is 3.58 Å². The Bertz CT molecular complexity index is 573. The summed E-state index contributed by atoms with van der Waals surface area (Å²) in [5.74, 6) is 0.867. The number of aromatic nitrogens is 2. The Labute approximate surface area is 158 Å². The fourth-order valence-electron chi connectivity index (χ4n) is 3.69. The molecule has 0 unspecified atom stereocenters. The van der Waals surface area contributed by atoms with Crippen molar-refractivity contribution in [2.45, 2.75) is 72.6 Å². The summed E-state index contributed by atoms with van der Waals surface area (Å²) in [4.78, 5) is 9.56. The summed E-state index contributed by atoms with van der Waals surface area (Å²) in [6.07, 6.45) is 12.5. The molecule has 0 aliphatic rings. The zero-order chi connectivity index (χ0) is 18.0. The predicted molar refractivity (Wildman–Crippen MR) is 112 cm³/mol. The molecule has 2 rings (SSSR count). The van der Waals surface area contributed by atoms with E-state index in [0.717, 1.165) is 11.4 Å². The second-order valence-electron chi connectivity index (χ2n) is 7.25. The minimum atomic E-state index is -2.38. The first-order valence-corrected chi connectivity index (χ1v) is 17.6. The van der Waals surface area contributed by atoms with E-state index < -0.39 is 18.4 Å². The molecular weight excluding hydrogens is 411 g/mol. The first-order chi connectivity index (χ1) is 12.3. The third kappa shape index (κ3) is 5.80. The van der Waals surface area contributed by atoms with Crippen molar-refractivity contribution in [3.63, 3.8) is 0 Å². The Hall–Kier alpha value is -0.901. The maximum absolute atomic E-state index is 4.78. The molecule has 0 bridgehead atoms. The van der Waals surface area contributed by atoms with E-state index in [1.165, 1.54) is 51.8 Å². The second kappa shape index (κ2) is 10.9. The van der Waals surface area contributed by atoms with Crippen LogP contribution in [0.25, 0.3) is 11.4 Å². The van der Waals surface area contributed by atoms with Crippen molar-refractivity contribution in [1.82, 2.24) is 9.97 Å². The molecule has 0 aliphatic heterocycles. The molecule has 0 radical (unpaired) electrons. The van der Waals surface area contributed by atoms with Crippen LogP contribution in [0.15, 0.2) is 42.7 Å². The number of rotatable bonds is 11. The molecule has 2 nitrogen and oxygen atoms in total. The molecule has 0 aliphatic carbocycles. The van der Waals surface area contributed by atoms with Gasteiger partial charge in [0.15, 0.2) is 0 Å². The zero-order valence-corrected chi connectivity index (χ0v) is 19.2. The SMILES string of the molecule is CCC[CH2][Sn]([CH2]CCC)([CH2]CCC)[c]1cnc(-c2ccccc2)nc1. The molecule has 0 spiro atoms. The van der Waals surface area contributed by atoms with Crippen LogP contribution >= 0.6 is 0 Å². The van der Waals surface area contributed by atoms with Gasteiger partial charge >= 0.3 is 159 Å². The molecule has 1 aromatic carbocycles. The van der Waals surface area contributed by atoms with Gasteiger partial charge in [0.05, 0.1) is 0 Å². The van der Waals surface area contributed by atoms with Crippen LogP contribution in [0.1, 0.15) is 59.3 Å². The van der Waals surface area contributed by atoms with E-state index in [9.17, 15) is 0 Å². The number of benzene rings is 1. The van der Waals surface area contributed by atoms with Crippen LogP contribution in [0.4, 0.5) is 0 Å². The molecule has 136 valence electrons. The summed E-state index contributed by atoms with van der Waals surface area (Å²) in [5, 5.41) is 0. The summed E-state index contributed by atoms with van der Waals surface area (Å²) in [5.41, 5.74) is 1.12. The van der Waals surface area contributed by atoms with Gasteiger partial charge in [0.2, 0.25) is 0 Å². The number of hydrogen-bond acceptors (Lipinski definition) is 2. The summed E-state index contributed by atoms with van der Waals surface area (Å²) >= 11 is -2.38. The topological polar surface area (TPSA) is 25.8 Å². The average molecular weight is 445 g/mol. The first-order valence-electron chi connectivity index (χ1n) is 10.1. The standard InChI is InChI=1S/C10H7N2.3C4H9.Sn/c1-2-5-9(6-3-1)10-11-7-4-8-12-10;3*1-3-4-2;/h1-3,5-8H;3*1,3-4H2,2H3;. The summed E-state index contributed by atoms with van der Waals surface area (Å²) in [7, 11) is 0. The fraction of sp³-hybridized carbons (Fsp3) is 0.545. The van der Waals surface area contributed by atoms with Gasteiger partial charge in [0, 0.05) is 0 Å². The number of hydrogen-bond donors (Lipinski definition) is 0. The van der Waals surface area contributed by atoms with Crippen LogP contribution in [0, 0.1) is 0 Å². The Balaban J connectivity index is 2.30. The molecule has 1 aromatic heterocycles. The molecule has 25 heavy (non-hydrogen) atoms. The molecule has 0 fully saturated rings. The van der Waals surface area contributed by atoms with Gasteiger partial charge in [-0.3, -0.25) is 0 Å². The van der Waals surface area contributed by atoms with E-state index in [1.807, 2.05) is 6.07 Å². The van der Waals surface area contributed by atoms with Crippen LogP contribution in [0.2, 0.25) is 13.3 Å². The Morgan fingerprint density at radius 2 is 1.20 bits per heavy atom. The van der Waals surface area contributed by atoms with Crippen molar-refractivity contribution in [2.75, 3.05) is 0 Å². The van der Waals surface area contributed by atoms with Gasteiger partial charge in [-0.05, 0) is 0 Å². The van der Waals surface area contributed by atoms with Crippen molar-refractivity contribution >= 4 is 22.0 Å². The van der Waals surface area contributed by atoms with Crippen molar-refractivity contribution in [3.05, 3.63) is 42.7 Å². The van der Waals surface area contributed by atoms with E-state index in [4.69, 9.17) is 9.97 Å². The van der Waals surface area contributed by atoms with E-state index in [0.29, 0.717) is 0 Å². The fourth-order valence-corrected chi connectivity index (χ4v) is 19.1. The quantitative estimate of drug-likeness (QED) is 0.385. The summed E-state index contributed by atoms with van der Waals surface area (Å²) in [6.45, 7) is 6.97. The summed E-state index contributed by atoms with van der Waals surface area (Å²) in [6, 6.07) is 10.3. The number of unbranched alkanes of at least 4 members (excludes halogenated alkanes) is 3. The molecule has 3 heteroatoms. The Morgan fingerprint density at radius 1 is 0.720 bits per heavy atom. The van der Waals surface area contributed by atoms with Crippen LogP contribution in [-0.4, -0.2) is 28.3 Å². The van der Waals surface area contributed by atoms with Gasteiger partial charge in [-0.15, -0.1) is 0 Å². The predicted octanol–water partition coefficient (Wildman–Crippen LogP) is 6.20. The summed E-state index contributed by atoms with van der Waals surface area (Å²) < 4.78 is 5.97. The third-order valence-electron chi connectivity index (χ3n) is 5.32. The second-order valence-corrected chi connectivity index (χ2v) is 20.5. The molecular formula is C22H34N2Sn. The minimum absolute atomic E-state index is 0.867. The molecule has 0 saturated heterocycles.